The molecule has 5 heteroatoms. The van der Waals surface area contributed by atoms with E-state index in [-0.39, 0.29) is 30.7 Å². The molecule has 0 spiro atoms. The molecule has 2 aliphatic rings. The van der Waals surface area contributed by atoms with Crippen LogP contribution in [0.3, 0.4) is 0 Å². The van der Waals surface area contributed by atoms with Crippen molar-refractivity contribution >= 4 is 17.5 Å². The van der Waals surface area contributed by atoms with E-state index in [2.05, 4.69) is 0 Å². The Hall–Kier alpha value is -1.26. The minimum atomic E-state index is -0.258. The monoisotopic (exact) mass is 309 g/mol. The highest BCUT2D eigenvalue weighted by Crippen LogP contribution is 2.35. The van der Waals surface area contributed by atoms with Crippen molar-refractivity contribution < 1.29 is 14.6 Å². The summed E-state index contributed by atoms with van der Waals surface area (Å²) in [6.07, 6.45) is 3.12. The van der Waals surface area contributed by atoms with Crippen molar-refractivity contribution in [2.24, 2.45) is 0 Å². The SMILES string of the molecule is Cc1cc(OCC(=O)N2C3CCC2CC(O)C3)ccc1Cl. The number of hydrogen-bond donors (Lipinski definition) is 1. The van der Waals surface area contributed by atoms with Crippen molar-refractivity contribution in [2.45, 2.75) is 50.8 Å². The molecule has 21 heavy (non-hydrogen) atoms. The summed E-state index contributed by atoms with van der Waals surface area (Å²) in [6.45, 7) is 1.95. The minimum Gasteiger partial charge on any atom is -0.484 e. The molecule has 1 aromatic rings. The van der Waals surface area contributed by atoms with Crippen molar-refractivity contribution in [2.75, 3.05) is 6.61 Å². The molecule has 1 amide bonds. The van der Waals surface area contributed by atoms with Gasteiger partial charge in [-0.1, -0.05) is 11.6 Å². The predicted octanol–water partition coefficient (Wildman–Crippen LogP) is 2.54. The molecule has 1 aromatic carbocycles. The van der Waals surface area contributed by atoms with Crippen LogP contribution in [0.5, 0.6) is 5.75 Å². The topological polar surface area (TPSA) is 49.8 Å². The molecule has 2 heterocycles. The highest BCUT2D eigenvalue weighted by molar-refractivity contribution is 6.31. The summed E-state index contributed by atoms with van der Waals surface area (Å²) in [5, 5.41) is 10.5. The summed E-state index contributed by atoms with van der Waals surface area (Å²) in [4.78, 5) is 14.3. The van der Waals surface area contributed by atoms with Gasteiger partial charge >= 0.3 is 0 Å². The fourth-order valence-electron chi connectivity index (χ4n) is 3.48. The van der Waals surface area contributed by atoms with Crippen molar-refractivity contribution in [3.8, 4) is 5.75 Å². The second kappa shape index (κ2) is 5.85. The largest absolute Gasteiger partial charge is 0.484 e. The number of aliphatic hydroxyl groups excluding tert-OH is 1. The lowest BCUT2D eigenvalue weighted by Gasteiger charge is -2.37. The molecule has 2 bridgehead atoms. The highest BCUT2D eigenvalue weighted by atomic mass is 35.5. The first-order valence-corrected chi connectivity index (χ1v) is 7.80. The third kappa shape index (κ3) is 3.01. The fraction of sp³-hybridized carbons (Fsp3) is 0.562. The lowest BCUT2D eigenvalue weighted by atomic mass is 10.00. The molecule has 0 aliphatic carbocycles. The zero-order chi connectivity index (χ0) is 15.0. The normalized spacial score (nSPS) is 27.8. The fourth-order valence-corrected chi connectivity index (χ4v) is 3.60. The first kappa shape index (κ1) is 14.7. The van der Waals surface area contributed by atoms with Crippen LogP contribution < -0.4 is 4.74 Å². The molecular formula is C16H20ClNO3. The summed E-state index contributed by atoms with van der Waals surface area (Å²) in [5.41, 5.74) is 0.933. The van der Waals surface area contributed by atoms with E-state index in [1.165, 1.54) is 0 Å². The summed E-state index contributed by atoms with van der Waals surface area (Å²) in [6, 6.07) is 5.75. The van der Waals surface area contributed by atoms with E-state index in [1.54, 1.807) is 12.1 Å². The lowest BCUT2D eigenvalue weighted by molar-refractivity contribution is -0.139. The van der Waals surface area contributed by atoms with E-state index in [4.69, 9.17) is 16.3 Å². The Morgan fingerprint density at radius 3 is 2.67 bits per heavy atom. The Bertz CT molecular complexity index is 534. The summed E-state index contributed by atoms with van der Waals surface area (Å²) < 4.78 is 5.60. The minimum absolute atomic E-state index is 0.0157. The molecular weight excluding hydrogens is 290 g/mol. The number of carbonyl (C=O) groups excluding carboxylic acids is 1. The van der Waals surface area contributed by atoms with Gasteiger partial charge in [0.15, 0.2) is 6.61 Å². The second-order valence-electron chi connectivity index (χ2n) is 6.01. The van der Waals surface area contributed by atoms with Crippen molar-refractivity contribution in [1.82, 2.24) is 4.90 Å². The number of fused-ring (bicyclic) bond motifs is 2. The maximum absolute atomic E-state index is 12.4. The van der Waals surface area contributed by atoms with Crippen LogP contribution in [0.15, 0.2) is 18.2 Å². The van der Waals surface area contributed by atoms with E-state index in [0.717, 1.165) is 18.4 Å². The van der Waals surface area contributed by atoms with Gasteiger partial charge < -0.3 is 14.7 Å². The average molecular weight is 310 g/mol. The number of aliphatic hydroxyl groups is 1. The Labute approximate surface area is 129 Å². The first-order chi connectivity index (χ1) is 10.0. The molecule has 2 aliphatic heterocycles. The van der Waals surface area contributed by atoms with Gasteiger partial charge in [-0.25, -0.2) is 0 Å². The predicted molar refractivity (Wildman–Crippen MR) is 80.6 cm³/mol. The van der Waals surface area contributed by atoms with Crippen LogP contribution in [0.4, 0.5) is 0 Å². The number of aryl methyl sites for hydroxylation is 1. The summed E-state index contributed by atoms with van der Waals surface area (Å²) in [5.74, 6) is 0.677. The van der Waals surface area contributed by atoms with Crippen LogP contribution in [0, 0.1) is 6.92 Å². The molecule has 1 N–H and O–H groups in total. The van der Waals surface area contributed by atoms with Gasteiger partial charge in [-0.3, -0.25) is 4.79 Å². The Morgan fingerprint density at radius 2 is 2.05 bits per heavy atom. The number of ether oxygens (including phenoxy) is 1. The van der Waals surface area contributed by atoms with Gasteiger partial charge in [0.05, 0.1) is 6.10 Å². The van der Waals surface area contributed by atoms with Crippen LogP contribution in [-0.2, 0) is 4.79 Å². The van der Waals surface area contributed by atoms with E-state index in [9.17, 15) is 9.90 Å². The standard InChI is InChI=1S/C16H20ClNO3/c1-10-6-14(4-5-15(10)17)21-9-16(20)18-11-2-3-12(18)8-13(19)7-11/h4-6,11-13,19H,2-3,7-9H2,1H3. The Balaban J connectivity index is 1.61. The molecule has 2 saturated heterocycles. The van der Waals surface area contributed by atoms with Gasteiger partial charge in [0.1, 0.15) is 5.75 Å². The summed E-state index contributed by atoms with van der Waals surface area (Å²) in [7, 11) is 0. The van der Waals surface area contributed by atoms with Crippen LogP contribution in [0.25, 0.3) is 0 Å². The van der Waals surface area contributed by atoms with E-state index in [0.29, 0.717) is 23.6 Å². The third-order valence-corrected chi connectivity index (χ3v) is 4.91. The molecule has 0 radical (unpaired) electrons. The molecule has 2 fully saturated rings. The number of hydrogen-bond acceptors (Lipinski definition) is 3. The Kier molecular flexibility index (Phi) is 4.09. The number of benzene rings is 1. The van der Waals surface area contributed by atoms with E-state index < -0.39 is 0 Å². The van der Waals surface area contributed by atoms with Gasteiger partial charge in [-0.2, -0.15) is 0 Å². The van der Waals surface area contributed by atoms with Crippen molar-refractivity contribution in [1.29, 1.82) is 0 Å². The van der Waals surface area contributed by atoms with Crippen LogP contribution in [0.1, 0.15) is 31.2 Å². The Morgan fingerprint density at radius 1 is 1.38 bits per heavy atom. The maximum Gasteiger partial charge on any atom is 0.261 e. The van der Waals surface area contributed by atoms with Gasteiger partial charge in [-0.05, 0) is 56.4 Å². The van der Waals surface area contributed by atoms with Crippen molar-refractivity contribution in [3.63, 3.8) is 0 Å². The number of halogens is 1. The van der Waals surface area contributed by atoms with Crippen LogP contribution in [0.2, 0.25) is 5.02 Å². The second-order valence-corrected chi connectivity index (χ2v) is 6.42. The summed E-state index contributed by atoms with van der Waals surface area (Å²) >= 11 is 5.97. The first-order valence-electron chi connectivity index (χ1n) is 7.43. The number of piperidine rings is 1. The zero-order valence-electron chi connectivity index (χ0n) is 12.1. The molecule has 2 unspecified atom stereocenters. The number of rotatable bonds is 3. The molecule has 4 nitrogen and oxygen atoms in total. The average Bonchev–Trinajstić information content (AvgIpc) is 2.72. The molecule has 114 valence electrons. The quantitative estimate of drug-likeness (QED) is 0.933. The van der Waals surface area contributed by atoms with Gasteiger partial charge in [0, 0.05) is 17.1 Å². The van der Waals surface area contributed by atoms with Crippen molar-refractivity contribution in [3.05, 3.63) is 28.8 Å². The molecule has 2 atom stereocenters. The highest BCUT2D eigenvalue weighted by Gasteiger charge is 2.42. The molecule has 0 saturated carbocycles. The van der Waals surface area contributed by atoms with Crippen LogP contribution in [-0.4, -0.2) is 40.7 Å². The van der Waals surface area contributed by atoms with E-state index in [1.807, 2.05) is 17.9 Å². The molecule has 0 aromatic heterocycles. The lowest BCUT2D eigenvalue weighted by Crippen LogP contribution is -2.49. The van der Waals surface area contributed by atoms with Gasteiger partial charge in [-0.15, -0.1) is 0 Å². The number of carbonyl (C=O) groups is 1. The number of amides is 1. The van der Waals surface area contributed by atoms with E-state index >= 15 is 0 Å². The zero-order valence-corrected chi connectivity index (χ0v) is 12.8. The van der Waals surface area contributed by atoms with Gasteiger partial charge in [0.2, 0.25) is 0 Å². The third-order valence-electron chi connectivity index (χ3n) is 4.49. The maximum atomic E-state index is 12.4. The smallest absolute Gasteiger partial charge is 0.261 e. The number of nitrogens with zero attached hydrogens (tertiary/aromatic N) is 1. The molecule has 3 rings (SSSR count). The van der Waals surface area contributed by atoms with Gasteiger partial charge in [0.25, 0.3) is 5.91 Å². The van der Waals surface area contributed by atoms with Crippen LogP contribution >= 0.6 is 11.6 Å².